The maximum atomic E-state index is 6.05. The van der Waals surface area contributed by atoms with Gasteiger partial charge in [-0.3, -0.25) is 5.43 Å². The molecular formula is C17H19ClN2O2. The molecular weight excluding hydrogens is 300 g/mol. The molecule has 0 unspecified atom stereocenters. The van der Waals surface area contributed by atoms with E-state index >= 15 is 0 Å². The van der Waals surface area contributed by atoms with Gasteiger partial charge in [-0.15, -0.1) is 0 Å². The largest absolute Gasteiger partial charge is 0.495 e. The normalized spacial score (nSPS) is 11.0. The lowest BCUT2D eigenvalue weighted by molar-refractivity contribution is 0.242. The third-order valence-electron chi connectivity index (χ3n) is 2.81. The zero-order chi connectivity index (χ0) is 15.9. The number of rotatable bonds is 6. The molecule has 0 aliphatic rings. The molecule has 0 atom stereocenters. The molecule has 22 heavy (non-hydrogen) atoms. The van der Waals surface area contributed by atoms with Crippen LogP contribution in [0.25, 0.3) is 0 Å². The van der Waals surface area contributed by atoms with Gasteiger partial charge in [0, 0.05) is 0 Å². The van der Waals surface area contributed by atoms with Gasteiger partial charge in [0.25, 0.3) is 0 Å². The fourth-order valence-electron chi connectivity index (χ4n) is 1.82. The van der Waals surface area contributed by atoms with Crippen LogP contribution in [0.15, 0.2) is 47.6 Å². The molecule has 0 bridgehead atoms. The summed E-state index contributed by atoms with van der Waals surface area (Å²) in [6.45, 7) is 4.00. The average molecular weight is 319 g/mol. The van der Waals surface area contributed by atoms with Crippen LogP contribution < -0.4 is 14.9 Å². The van der Waals surface area contributed by atoms with E-state index in [2.05, 4.69) is 10.5 Å². The van der Waals surface area contributed by atoms with E-state index in [0.29, 0.717) is 10.8 Å². The Kier molecular flexibility index (Phi) is 5.67. The van der Waals surface area contributed by atoms with Crippen molar-refractivity contribution < 1.29 is 9.47 Å². The maximum absolute atomic E-state index is 6.05. The van der Waals surface area contributed by atoms with Gasteiger partial charge >= 0.3 is 0 Å². The van der Waals surface area contributed by atoms with Gasteiger partial charge in [-0.2, -0.15) is 5.10 Å². The van der Waals surface area contributed by atoms with Crippen molar-refractivity contribution in [1.82, 2.24) is 0 Å². The van der Waals surface area contributed by atoms with Crippen LogP contribution in [0.4, 0.5) is 5.69 Å². The molecule has 0 radical (unpaired) electrons. The van der Waals surface area contributed by atoms with Gasteiger partial charge in [-0.25, -0.2) is 0 Å². The van der Waals surface area contributed by atoms with Crippen molar-refractivity contribution in [3.8, 4) is 11.5 Å². The van der Waals surface area contributed by atoms with Crippen LogP contribution in [0, 0.1) is 0 Å². The highest BCUT2D eigenvalue weighted by Crippen LogP contribution is 2.27. The number of benzene rings is 2. The predicted octanol–water partition coefficient (Wildman–Crippen LogP) is 4.58. The van der Waals surface area contributed by atoms with Crippen LogP contribution in [0.5, 0.6) is 11.5 Å². The van der Waals surface area contributed by atoms with E-state index in [1.165, 1.54) is 0 Å². The van der Waals surface area contributed by atoms with Crippen molar-refractivity contribution in [2.24, 2.45) is 5.10 Å². The number of nitrogens with zero attached hydrogens (tertiary/aromatic N) is 1. The molecule has 0 aliphatic carbocycles. The van der Waals surface area contributed by atoms with E-state index in [1.807, 2.05) is 44.2 Å². The number of hydrogen-bond donors (Lipinski definition) is 1. The van der Waals surface area contributed by atoms with Crippen LogP contribution in [-0.4, -0.2) is 19.4 Å². The molecule has 0 heterocycles. The summed E-state index contributed by atoms with van der Waals surface area (Å²) in [4.78, 5) is 0. The topological polar surface area (TPSA) is 42.8 Å². The smallest absolute Gasteiger partial charge is 0.137 e. The molecule has 1 N–H and O–H groups in total. The molecule has 0 saturated heterocycles. The standard InChI is InChI=1S/C17H19ClN2O2/c1-12(2)22-15-7-4-13(5-8-15)11-19-20-14-6-9-17(21-3)16(18)10-14/h4-12,20H,1-3H3/b19-11+. The van der Waals surface area contributed by atoms with Gasteiger partial charge < -0.3 is 9.47 Å². The van der Waals surface area contributed by atoms with Gasteiger partial charge in [0.2, 0.25) is 0 Å². The fraction of sp³-hybridized carbons (Fsp3) is 0.235. The van der Waals surface area contributed by atoms with Gasteiger partial charge in [0.05, 0.1) is 30.1 Å². The van der Waals surface area contributed by atoms with Crippen molar-refractivity contribution in [2.45, 2.75) is 20.0 Å². The number of methoxy groups -OCH3 is 1. The average Bonchev–Trinajstić information content (AvgIpc) is 2.49. The number of hydrogen-bond acceptors (Lipinski definition) is 4. The van der Waals surface area contributed by atoms with Crippen LogP contribution in [0.3, 0.4) is 0 Å². The summed E-state index contributed by atoms with van der Waals surface area (Å²) in [5, 5.41) is 4.72. The highest BCUT2D eigenvalue weighted by Gasteiger charge is 2.00. The second kappa shape index (κ2) is 7.71. The number of halogens is 1. The third-order valence-corrected chi connectivity index (χ3v) is 3.11. The summed E-state index contributed by atoms with van der Waals surface area (Å²) in [6.07, 6.45) is 1.90. The molecule has 0 aliphatic heterocycles. The lowest BCUT2D eigenvalue weighted by Crippen LogP contribution is -2.05. The molecule has 0 fully saturated rings. The minimum absolute atomic E-state index is 0.168. The zero-order valence-corrected chi connectivity index (χ0v) is 13.6. The number of ether oxygens (including phenoxy) is 2. The second-order valence-electron chi connectivity index (χ2n) is 4.95. The highest BCUT2D eigenvalue weighted by atomic mass is 35.5. The summed E-state index contributed by atoms with van der Waals surface area (Å²) in [7, 11) is 1.58. The number of hydrazone groups is 1. The first-order valence-corrected chi connectivity index (χ1v) is 7.35. The van der Waals surface area contributed by atoms with Crippen molar-refractivity contribution in [3.63, 3.8) is 0 Å². The van der Waals surface area contributed by atoms with Crippen molar-refractivity contribution >= 4 is 23.5 Å². The molecule has 2 rings (SSSR count). The summed E-state index contributed by atoms with van der Waals surface area (Å²) >= 11 is 6.05. The summed E-state index contributed by atoms with van der Waals surface area (Å²) in [5.74, 6) is 1.49. The second-order valence-corrected chi connectivity index (χ2v) is 5.36. The Hall–Kier alpha value is -2.20. The van der Waals surface area contributed by atoms with Gasteiger partial charge in [0.15, 0.2) is 0 Å². The van der Waals surface area contributed by atoms with E-state index in [0.717, 1.165) is 17.0 Å². The molecule has 2 aromatic rings. The maximum Gasteiger partial charge on any atom is 0.137 e. The molecule has 2 aromatic carbocycles. The minimum atomic E-state index is 0.168. The summed E-state index contributed by atoms with van der Waals surface area (Å²) in [6, 6.07) is 13.1. The Labute approximate surface area is 135 Å². The minimum Gasteiger partial charge on any atom is -0.495 e. The highest BCUT2D eigenvalue weighted by molar-refractivity contribution is 6.32. The number of anilines is 1. The zero-order valence-electron chi connectivity index (χ0n) is 12.8. The van der Waals surface area contributed by atoms with E-state index in [1.54, 1.807) is 25.5 Å². The van der Waals surface area contributed by atoms with Crippen molar-refractivity contribution in [1.29, 1.82) is 0 Å². The molecule has 4 nitrogen and oxygen atoms in total. The van der Waals surface area contributed by atoms with Crippen molar-refractivity contribution in [2.75, 3.05) is 12.5 Å². The molecule has 0 saturated carbocycles. The van der Waals surface area contributed by atoms with Gasteiger partial charge in [-0.1, -0.05) is 11.6 Å². The van der Waals surface area contributed by atoms with E-state index < -0.39 is 0 Å². The Morgan fingerprint density at radius 3 is 2.45 bits per heavy atom. The number of nitrogens with one attached hydrogen (secondary N) is 1. The van der Waals surface area contributed by atoms with Crippen LogP contribution in [-0.2, 0) is 0 Å². The monoisotopic (exact) mass is 318 g/mol. The lowest BCUT2D eigenvalue weighted by Gasteiger charge is -2.09. The molecule has 0 spiro atoms. The van der Waals surface area contributed by atoms with E-state index in [4.69, 9.17) is 21.1 Å². The Morgan fingerprint density at radius 2 is 1.86 bits per heavy atom. The SMILES string of the molecule is COc1ccc(N/N=C/c2ccc(OC(C)C)cc2)cc1Cl. The molecule has 116 valence electrons. The first kappa shape index (κ1) is 16.2. The lowest BCUT2D eigenvalue weighted by atomic mass is 10.2. The van der Waals surface area contributed by atoms with Crippen LogP contribution in [0.1, 0.15) is 19.4 Å². The summed E-state index contributed by atoms with van der Waals surface area (Å²) in [5.41, 5.74) is 4.70. The van der Waals surface area contributed by atoms with Gasteiger partial charge in [0.1, 0.15) is 11.5 Å². The third kappa shape index (κ3) is 4.67. The Bertz CT molecular complexity index is 640. The van der Waals surface area contributed by atoms with Crippen LogP contribution in [0.2, 0.25) is 5.02 Å². The van der Waals surface area contributed by atoms with Crippen molar-refractivity contribution in [3.05, 3.63) is 53.1 Å². The molecule has 5 heteroatoms. The predicted molar refractivity (Wildman–Crippen MR) is 91.4 cm³/mol. The molecule has 0 aromatic heterocycles. The van der Waals surface area contributed by atoms with Crippen LogP contribution >= 0.6 is 11.6 Å². The first-order chi connectivity index (χ1) is 10.6. The summed E-state index contributed by atoms with van der Waals surface area (Å²) < 4.78 is 10.7. The fourth-order valence-corrected chi connectivity index (χ4v) is 2.08. The first-order valence-electron chi connectivity index (χ1n) is 6.98. The van der Waals surface area contributed by atoms with E-state index in [-0.39, 0.29) is 6.10 Å². The quantitative estimate of drug-likeness (QED) is 0.626. The Balaban J connectivity index is 1.96. The van der Waals surface area contributed by atoms with Gasteiger partial charge in [-0.05, 0) is 61.9 Å². The van der Waals surface area contributed by atoms with E-state index in [9.17, 15) is 0 Å². The molecule has 0 amide bonds. The Morgan fingerprint density at radius 1 is 1.14 bits per heavy atom.